The van der Waals surface area contributed by atoms with Crippen LogP contribution in [-0.2, 0) is 4.79 Å². The lowest BCUT2D eigenvalue weighted by Crippen LogP contribution is -2.43. The van der Waals surface area contributed by atoms with Gasteiger partial charge in [-0.1, -0.05) is 0 Å². The van der Waals surface area contributed by atoms with Crippen LogP contribution in [0.15, 0.2) is 5.38 Å². The number of nitrogens with two attached hydrogens (primary N) is 1. The maximum absolute atomic E-state index is 11.5. The van der Waals surface area contributed by atoms with E-state index in [1.54, 1.807) is 12.3 Å². The molecule has 1 rings (SSSR count). The second kappa shape index (κ2) is 4.74. The number of rotatable bonds is 3. The number of carbonyl (C=O) groups is 2. The second-order valence-corrected chi connectivity index (χ2v) is 3.77. The largest absolute Gasteiger partial charge is 0.375 e. The van der Waals surface area contributed by atoms with Crippen molar-refractivity contribution in [3.8, 4) is 0 Å². The number of amides is 2. The van der Waals surface area contributed by atoms with E-state index in [1.165, 1.54) is 18.4 Å². The minimum absolute atomic E-state index is 0.230. The zero-order valence-electron chi connectivity index (χ0n) is 8.40. The number of hydrogen-bond donors (Lipinski definition) is 3. The molecular formula is C8H12N4O2S. The molecule has 15 heavy (non-hydrogen) atoms. The van der Waals surface area contributed by atoms with Gasteiger partial charge in [0.05, 0.1) is 0 Å². The predicted molar refractivity (Wildman–Crippen MR) is 57.5 cm³/mol. The van der Waals surface area contributed by atoms with Gasteiger partial charge < -0.3 is 16.4 Å². The van der Waals surface area contributed by atoms with Crippen LogP contribution in [0, 0.1) is 0 Å². The van der Waals surface area contributed by atoms with Crippen LogP contribution in [0.3, 0.4) is 0 Å². The third-order valence-electron chi connectivity index (χ3n) is 1.74. The summed E-state index contributed by atoms with van der Waals surface area (Å²) in [5.74, 6) is -0.661. The molecule has 1 atom stereocenters. The SMILES string of the molecule is CNC(=O)C(C)NC(=O)c1csc(N)n1. The van der Waals surface area contributed by atoms with Crippen molar-refractivity contribution in [3.05, 3.63) is 11.1 Å². The van der Waals surface area contributed by atoms with Crippen molar-refractivity contribution in [1.29, 1.82) is 0 Å². The summed E-state index contributed by atoms with van der Waals surface area (Å²) in [5.41, 5.74) is 5.61. The summed E-state index contributed by atoms with van der Waals surface area (Å²) in [6, 6.07) is -0.592. The number of aromatic nitrogens is 1. The highest BCUT2D eigenvalue weighted by molar-refractivity contribution is 7.13. The molecule has 1 aromatic heterocycles. The number of carbonyl (C=O) groups excluding carboxylic acids is 2. The van der Waals surface area contributed by atoms with E-state index in [-0.39, 0.29) is 11.6 Å². The zero-order chi connectivity index (χ0) is 11.4. The van der Waals surface area contributed by atoms with Gasteiger partial charge in [-0.3, -0.25) is 9.59 Å². The Labute approximate surface area is 90.9 Å². The summed E-state index contributed by atoms with van der Waals surface area (Å²) in [4.78, 5) is 26.4. The molecule has 0 spiro atoms. The lowest BCUT2D eigenvalue weighted by atomic mass is 10.3. The van der Waals surface area contributed by atoms with Crippen LogP contribution in [0.25, 0.3) is 0 Å². The van der Waals surface area contributed by atoms with Crippen molar-refractivity contribution in [2.45, 2.75) is 13.0 Å². The van der Waals surface area contributed by atoms with Gasteiger partial charge in [0.25, 0.3) is 5.91 Å². The molecule has 0 aromatic carbocycles. The first kappa shape index (κ1) is 11.4. The molecule has 0 aliphatic rings. The molecule has 0 fully saturated rings. The monoisotopic (exact) mass is 228 g/mol. The Morgan fingerprint density at radius 3 is 2.73 bits per heavy atom. The first-order valence-corrected chi connectivity index (χ1v) is 5.16. The first-order valence-electron chi connectivity index (χ1n) is 4.28. The smallest absolute Gasteiger partial charge is 0.271 e. The van der Waals surface area contributed by atoms with E-state index in [0.717, 1.165) is 0 Å². The molecule has 0 aliphatic carbocycles. The fourth-order valence-corrected chi connectivity index (χ4v) is 1.49. The third kappa shape index (κ3) is 2.91. The van der Waals surface area contributed by atoms with Gasteiger partial charge in [-0.2, -0.15) is 0 Å². The van der Waals surface area contributed by atoms with E-state index in [2.05, 4.69) is 15.6 Å². The summed E-state index contributed by atoms with van der Waals surface area (Å²) in [6.07, 6.45) is 0. The molecule has 1 heterocycles. The van der Waals surface area contributed by atoms with Crippen LogP contribution in [0.5, 0.6) is 0 Å². The van der Waals surface area contributed by atoms with Crippen molar-refractivity contribution >= 4 is 28.3 Å². The van der Waals surface area contributed by atoms with Crippen molar-refractivity contribution in [2.24, 2.45) is 0 Å². The molecule has 0 saturated carbocycles. The van der Waals surface area contributed by atoms with E-state index in [0.29, 0.717) is 5.13 Å². The van der Waals surface area contributed by atoms with Crippen molar-refractivity contribution in [2.75, 3.05) is 12.8 Å². The average molecular weight is 228 g/mol. The molecule has 0 bridgehead atoms. The predicted octanol–water partition coefficient (Wildman–Crippen LogP) is -0.410. The number of nitrogens with zero attached hydrogens (tertiary/aromatic N) is 1. The molecule has 6 nitrogen and oxygen atoms in total. The normalized spacial score (nSPS) is 11.9. The van der Waals surface area contributed by atoms with E-state index >= 15 is 0 Å². The second-order valence-electron chi connectivity index (χ2n) is 2.88. The van der Waals surface area contributed by atoms with Crippen molar-refractivity contribution < 1.29 is 9.59 Å². The topological polar surface area (TPSA) is 97.1 Å². The molecular weight excluding hydrogens is 216 g/mol. The first-order chi connectivity index (χ1) is 7.04. The van der Waals surface area contributed by atoms with E-state index in [9.17, 15) is 9.59 Å². The van der Waals surface area contributed by atoms with Gasteiger partial charge in [-0.05, 0) is 6.92 Å². The van der Waals surface area contributed by atoms with Gasteiger partial charge in [0.2, 0.25) is 5.91 Å². The maximum atomic E-state index is 11.5. The van der Waals surface area contributed by atoms with Gasteiger partial charge in [0.15, 0.2) is 5.13 Å². The number of hydrogen-bond acceptors (Lipinski definition) is 5. The van der Waals surface area contributed by atoms with Gasteiger partial charge in [-0.25, -0.2) is 4.98 Å². The summed E-state index contributed by atoms with van der Waals surface area (Å²) in [5, 5.41) is 6.80. The zero-order valence-corrected chi connectivity index (χ0v) is 9.22. The molecule has 1 unspecified atom stereocenters. The van der Waals surface area contributed by atoms with E-state index < -0.39 is 11.9 Å². The average Bonchev–Trinajstić information content (AvgIpc) is 2.63. The minimum atomic E-state index is -0.592. The van der Waals surface area contributed by atoms with Crippen LogP contribution in [0.2, 0.25) is 0 Å². The van der Waals surface area contributed by atoms with Crippen LogP contribution >= 0.6 is 11.3 Å². The van der Waals surface area contributed by atoms with Crippen LogP contribution in [0.4, 0.5) is 5.13 Å². The Kier molecular flexibility index (Phi) is 3.62. The summed E-state index contributed by atoms with van der Waals surface area (Å²) in [7, 11) is 1.51. The Balaban J connectivity index is 2.60. The summed E-state index contributed by atoms with van der Waals surface area (Å²) in [6.45, 7) is 1.59. The van der Waals surface area contributed by atoms with Gasteiger partial charge in [0, 0.05) is 12.4 Å². The quantitative estimate of drug-likeness (QED) is 0.655. The fourth-order valence-electron chi connectivity index (χ4n) is 0.945. The van der Waals surface area contributed by atoms with Crippen molar-refractivity contribution in [1.82, 2.24) is 15.6 Å². The van der Waals surface area contributed by atoms with Crippen LogP contribution in [-0.4, -0.2) is 29.9 Å². The lowest BCUT2D eigenvalue weighted by molar-refractivity contribution is -0.122. The van der Waals surface area contributed by atoms with E-state index in [1.807, 2.05) is 0 Å². The van der Waals surface area contributed by atoms with Gasteiger partial charge in [0.1, 0.15) is 11.7 Å². The lowest BCUT2D eigenvalue weighted by Gasteiger charge is -2.10. The highest BCUT2D eigenvalue weighted by atomic mass is 32.1. The molecule has 0 radical (unpaired) electrons. The maximum Gasteiger partial charge on any atom is 0.271 e. The highest BCUT2D eigenvalue weighted by Crippen LogP contribution is 2.10. The van der Waals surface area contributed by atoms with Crippen LogP contribution < -0.4 is 16.4 Å². The Morgan fingerprint density at radius 2 is 2.27 bits per heavy atom. The Hall–Kier alpha value is -1.63. The molecule has 4 N–H and O–H groups in total. The fraction of sp³-hybridized carbons (Fsp3) is 0.375. The Bertz CT molecular complexity index is 376. The van der Waals surface area contributed by atoms with Gasteiger partial charge in [-0.15, -0.1) is 11.3 Å². The molecule has 2 amide bonds. The standard InChI is InChI=1S/C8H12N4O2S/c1-4(6(13)10-2)11-7(14)5-3-15-8(9)12-5/h3-4H,1-2H3,(H2,9,12)(H,10,13)(H,11,14). The van der Waals surface area contributed by atoms with E-state index in [4.69, 9.17) is 5.73 Å². The molecule has 0 saturated heterocycles. The number of likely N-dealkylation sites (N-methyl/N-ethyl adjacent to an activating group) is 1. The minimum Gasteiger partial charge on any atom is -0.375 e. The summed E-state index contributed by atoms with van der Waals surface area (Å²) >= 11 is 1.18. The number of nitrogens with one attached hydrogen (secondary N) is 2. The number of thiazole rings is 1. The molecule has 1 aromatic rings. The molecule has 0 aliphatic heterocycles. The molecule has 82 valence electrons. The van der Waals surface area contributed by atoms with Gasteiger partial charge >= 0.3 is 0 Å². The Morgan fingerprint density at radius 1 is 1.60 bits per heavy atom. The number of anilines is 1. The molecule has 7 heteroatoms. The number of nitrogen functional groups attached to an aromatic ring is 1. The third-order valence-corrected chi connectivity index (χ3v) is 2.42. The van der Waals surface area contributed by atoms with Crippen LogP contribution in [0.1, 0.15) is 17.4 Å². The van der Waals surface area contributed by atoms with Crippen molar-refractivity contribution in [3.63, 3.8) is 0 Å². The summed E-state index contributed by atoms with van der Waals surface area (Å²) < 4.78 is 0. The highest BCUT2D eigenvalue weighted by Gasteiger charge is 2.16.